The third-order valence-corrected chi connectivity index (χ3v) is 4.68. The Hall–Kier alpha value is -3.49. The first kappa shape index (κ1) is 19.3. The molecule has 0 saturated carbocycles. The minimum absolute atomic E-state index is 0.0943. The van der Waals surface area contributed by atoms with Crippen LogP contribution in [0.2, 0.25) is 0 Å². The summed E-state index contributed by atoms with van der Waals surface area (Å²) in [5.41, 5.74) is 1.01. The van der Waals surface area contributed by atoms with Gasteiger partial charge in [-0.2, -0.15) is 0 Å². The van der Waals surface area contributed by atoms with E-state index in [-0.39, 0.29) is 23.4 Å². The van der Waals surface area contributed by atoms with Crippen LogP contribution in [0.3, 0.4) is 0 Å². The summed E-state index contributed by atoms with van der Waals surface area (Å²) in [5.74, 6) is -0.679. The first-order valence-corrected chi connectivity index (χ1v) is 8.71. The fourth-order valence-corrected chi connectivity index (χ4v) is 3.07. The molecule has 0 spiro atoms. The minimum Gasteiger partial charge on any atom is -0.335 e. The molecule has 8 nitrogen and oxygen atoms in total. The zero-order valence-electron chi connectivity index (χ0n) is 15.2. The van der Waals surface area contributed by atoms with Crippen LogP contribution in [-0.2, 0) is 0 Å². The van der Waals surface area contributed by atoms with E-state index in [9.17, 15) is 24.1 Å². The van der Waals surface area contributed by atoms with Crippen LogP contribution in [0, 0.1) is 22.9 Å². The van der Waals surface area contributed by atoms with Crippen LogP contribution in [0.15, 0.2) is 42.5 Å². The molecule has 2 aromatic carbocycles. The zero-order chi connectivity index (χ0) is 20.3. The van der Waals surface area contributed by atoms with Crippen molar-refractivity contribution in [2.45, 2.75) is 6.92 Å². The molecule has 1 saturated heterocycles. The number of nitro groups is 1. The van der Waals surface area contributed by atoms with Crippen molar-refractivity contribution in [2.75, 3.05) is 31.5 Å². The molecule has 0 aromatic heterocycles. The van der Waals surface area contributed by atoms with Gasteiger partial charge in [-0.1, -0.05) is 6.07 Å². The fourth-order valence-electron chi connectivity index (χ4n) is 3.07. The van der Waals surface area contributed by atoms with Gasteiger partial charge in [-0.15, -0.1) is 0 Å². The monoisotopic (exact) mass is 386 g/mol. The van der Waals surface area contributed by atoms with Crippen LogP contribution >= 0.6 is 0 Å². The number of carbonyl (C=O) groups is 2. The number of anilines is 1. The third kappa shape index (κ3) is 4.08. The van der Waals surface area contributed by atoms with Gasteiger partial charge in [0.15, 0.2) is 0 Å². The smallest absolute Gasteiger partial charge is 0.321 e. The lowest BCUT2D eigenvalue weighted by molar-refractivity contribution is -0.385. The number of nitrogens with zero attached hydrogens (tertiary/aromatic N) is 3. The van der Waals surface area contributed by atoms with Gasteiger partial charge in [0.25, 0.3) is 11.6 Å². The van der Waals surface area contributed by atoms with Gasteiger partial charge in [-0.25, -0.2) is 9.18 Å². The van der Waals surface area contributed by atoms with E-state index in [1.807, 2.05) is 0 Å². The quantitative estimate of drug-likeness (QED) is 0.648. The van der Waals surface area contributed by atoms with E-state index in [1.54, 1.807) is 22.8 Å². The van der Waals surface area contributed by atoms with Gasteiger partial charge >= 0.3 is 6.03 Å². The van der Waals surface area contributed by atoms with Crippen molar-refractivity contribution in [2.24, 2.45) is 0 Å². The second-order valence-electron chi connectivity index (χ2n) is 6.42. The normalized spacial score (nSPS) is 13.9. The highest BCUT2D eigenvalue weighted by Gasteiger charge is 2.27. The maximum absolute atomic E-state index is 12.9. The molecule has 1 N–H and O–H groups in total. The van der Waals surface area contributed by atoms with Crippen molar-refractivity contribution in [3.8, 4) is 0 Å². The van der Waals surface area contributed by atoms with Gasteiger partial charge in [0.2, 0.25) is 0 Å². The lowest BCUT2D eigenvalue weighted by atomic mass is 10.1. The van der Waals surface area contributed by atoms with Crippen molar-refractivity contribution in [3.63, 3.8) is 0 Å². The SMILES string of the molecule is Cc1c(C(=O)N2CCN(C(=O)Nc3ccc(F)cc3)CC2)cccc1[N+](=O)[O-]. The highest BCUT2D eigenvalue weighted by atomic mass is 19.1. The number of urea groups is 1. The number of rotatable bonds is 3. The summed E-state index contributed by atoms with van der Waals surface area (Å²) >= 11 is 0. The summed E-state index contributed by atoms with van der Waals surface area (Å²) in [6.45, 7) is 2.84. The molecule has 1 aliphatic rings. The molecule has 0 atom stereocenters. The standard InChI is InChI=1S/C19H19FN4O4/c1-13-16(3-2-4-17(13)24(27)28)18(25)22-9-11-23(12-10-22)19(26)21-15-7-5-14(20)6-8-15/h2-8H,9-12H2,1H3,(H,21,26). The molecule has 1 fully saturated rings. The number of amides is 3. The summed E-state index contributed by atoms with van der Waals surface area (Å²) in [7, 11) is 0. The topological polar surface area (TPSA) is 95.8 Å². The molecular weight excluding hydrogens is 367 g/mol. The van der Waals surface area contributed by atoms with Crippen LogP contribution in [0.1, 0.15) is 15.9 Å². The van der Waals surface area contributed by atoms with Gasteiger partial charge in [0.1, 0.15) is 5.82 Å². The van der Waals surface area contributed by atoms with Crippen molar-refractivity contribution in [3.05, 3.63) is 69.5 Å². The maximum Gasteiger partial charge on any atom is 0.321 e. The lowest BCUT2D eigenvalue weighted by Gasteiger charge is -2.35. The van der Waals surface area contributed by atoms with E-state index in [4.69, 9.17) is 0 Å². The van der Waals surface area contributed by atoms with E-state index < -0.39 is 4.92 Å². The number of carbonyl (C=O) groups excluding carboxylic acids is 2. The van der Waals surface area contributed by atoms with Gasteiger partial charge in [-0.05, 0) is 37.3 Å². The maximum atomic E-state index is 12.9. The fraction of sp³-hybridized carbons (Fsp3) is 0.263. The number of piperazine rings is 1. The molecule has 3 amide bonds. The highest BCUT2D eigenvalue weighted by molar-refractivity contribution is 5.97. The Morgan fingerprint density at radius 2 is 1.64 bits per heavy atom. The molecule has 2 aromatic rings. The number of hydrogen-bond acceptors (Lipinski definition) is 4. The molecule has 28 heavy (non-hydrogen) atoms. The molecule has 0 radical (unpaired) electrons. The van der Waals surface area contributed by atoms with Crippen molar-refractivity contribution >= 4 is 23.3 Å². The Bertz CT molecular complexity index is 909. The second kappa shape index (κ2) is 8.03. The molecule has 0 unspecified atom stereocenters. The van der Waals surface area contributed by atoms with Crippen molar-refractivity contribution in [1.82, 2.24) is 9.80 Å². The predicted octanol–water partition coefficient (Wildman–Crippen LogP) is 3.03. The molecular formula is C19H19FN4O4. The lowest BCUT2D eigenvalue weighted by Crippen LogP contribution is -2.51. The zero-order valence-corrected chi connectivity index (χ0v) is 15.2. The summed E-state index contributed by atoms with van der Waals surface area (Å²) in [4.78, 5) is 38.8. The predicted molar refractivity (Wildman–Crippen MR) is 101 cm³/mol. The van der Waals surface area contributed by atoms with Gasteiger partial charge in [-0.3, -0.25) is 14.9 Å². The first-order chi connectivity index (χ1) is 13.4. The first-order valence-electron chi connectivity index (χ1n) is 8.71. The molecule has 1 aliphatic heterocycles. The average molecular weight is 386 g/mol. The van der Waals surface area contributed by atoms with Gasteiger partial charge in [0, 0.05) is 49.1 Å². The molecule has 0 aliphatic carbocycles. The minimum atomic E-state index is -0.510. The number of halogens is 1. The third-order valence-electron chi connectivity index (χ3n) is 4.68. The number of nitrogens with one attached hydrogen (secondary N) is 1. The van der Waals surface area contributed by atoms with E-state index in [2.05, 4.69) is 5.32 Å². The van der Waals surface area contributed by atoms with E-state index >= 15 is 0 Å². The van der Waals surface area contributed by atoms with Crippen LogP contribution < -0.4 is 5.32 Å². The van der Waals surface area contributed by atoms with Gasteiger partial charge < -0.3 is 15.1 Å². The molecule has 0 bridgehead atoms. The molecule has 1 heterocycles. The molecule has 3 rings (SSSR count). The number of hydrogen-bond donors (Lipinski definition) is 1. The van der Waals surface area contributed by atoms with Crippen LogP contribution in [0.5, 0.6) is 0 Å². The Kier molecular flexibility index (Phi) is 5.53. The van der Waals surface area contributed by atoms with Crippen LogP contribution in [0.25, 0.3) is 0 Å². The Morgan fingerprint density at radius 1 is 1.04 bits per heavy atom. The highest BCUT2D eigenvalue weighted by Crippen LogP contribution is 2.23. The Morgan fingerprint density at radius 3 is 2.25 bits per heavy atom. The van der Waals surface area contributed by atoms with E-state index in [1.165, 1.54) is 36.4 Å². The van der Waals surface area contributed by atoms with Crippen LogP contribution in [0.4, 0.5) is 20.6 Å². The summed E-state index contributed by atoms with van der Waals surface area (Å²) in [6.07, 6.45) is 0. The summed E-state index contributed by atoms with van der Waals surface area (Å²) < 4.78 is 12.9. The van der Waals surface area contributed by atoms with E-state index in [0.717, 1.165) is 0 Å². The van der Waals surface area contributed by atoms with Crippen molar-refractivity contribution in [1.29, 1.82) is 0 Å². The van der Waals surface area contributed by atoms with E-state index in [0.29, 0.717) is 43.0 Å². The summed E-state index contributed by atoms with van der Waals surface area (Å²) in [6, 6.07) is 9.55. The van der Waals surface area contributed by atoms with Gasteiger partial charge in [0.05, 0.1) is 4.92 Å². The Labute approximate surface area is 160 Å². The number of benzene rings is 2. The largest absolute Gasteiger partial charge is 0.335 e. The Balaban J connectivity index is 1.61. The summed E-state index contributed by atoms with van der Waals surface area (Å²) in [5, 5.41) is 13.8. The van der Waals surface area contributed by atoms with Crippen LogP contribution in [-0.4, -0.2) is 52.8 Å². The molecule has 146 valence electrons. The molecule has 9 heteroatoms. The van der Waals surface area contributed by atoms with Crippen molar-refractivity contribution < 1.29 is 18.9 Å². The average Bonchev–Trinajstić information content (AvgIpc) is 2.69. The number of nitro benzene ring substituents is 1. The second-order valence-corrected chi connectivity index (χ2v) is 6.42.